The molecule has 32 heavy (non-hydrogen) atoms. The van der Waals surface area contributed by atoms with Crippen molar-refractivity contribution in [3.63, 3.8) is 0 Å². The summed E-state index contributed by atoms with van der Waals surface area (Å²) in [6.07, 6.45) is 6.20. The van der Waals surface area contributed by atoms with Crippen molar-refractivity contribution in [2.75, 3.05) is 19.6 Å². The first-order valence-electron chi connectivity index (χ1n) is 11.1. The molecule has 1 fully saturated rings. The van der Waals surface area contributed by atoms with Crippen LogP contribution in [0.2, 0.25) is 0 Å². The smallest absolute Gasteiger partial charge is 0.254 e. The molecule has 1 saturated heterocycles. The van der Waals surface area contributed by atoms with Crippen LogP contribution >= 0.6 is 11.3 Å². The maximum Gasteiger partial charge on any atom is 0.254 e. The molecule has 0 atom stereocenters. The molecule has 0 aromatic carbocycles. The SMILES string of the molecule is Cc1nc(-c2ccncc2)[nH]c(=O)c1CCC(=O)NCC1CCN(Cc2cccs2)CC1. The van der Waals surface area contributed by atoms with Gasteiger partial charge in [0.2, 0.25) is 5.91 Å². The number of hydrogen-bond donors (Lipinski definition) is 2. The Balaban J connectivity index is 1.22. The number of amides is 1. The molecule has 4 rings (SSSR count). The van der Waals surface area contributed by atoms with Crippen LogP contribution in [0.1, 0.15) is 35.4 Å². The lowest BCUT2D eigenvalue weighted by Crippen LogP contribution is -2.38. The van der Waals surface area contributed by atoms with Gasteiger partial charge < -0.3 is 10.3 Å². The number of hydrogen-bond acceptors (Lipinski definition) is 6. The van der Waals surface area contributed by atoms with Crippen molar-refractivity contribution in [2.24, 2.45) is 5.92 Å². The van der Waals surface area contributed by atoms with Crippen LogP contribution in [0.25, 0.3) is 11.4 Å². The van der Waals surface area contributed by atoms with Crippen molar-refractivity contribution >= 4 is 17.2 Å². The Kier molecular flexibility index (Phi) is 7.44. The zero-order valence-corrected chi connectivity index (χ0v) is 19.2. The number of likely N-dealkylation sites (tertiary alicyclic amines) is 1. The summed E-state index contributed by atoms with van der Waals surface area (Å²) in [4.78, 5) is 40.2. The van der Waals surface area contributed by atoms with Crippen molar-refractivity contribution in [1.29, 1.82) is 0 Å². The van der Waals surface area contributed by atoms with Gasteiger partial charge in [-0.3, -0.25) is 19.5 Å². The number of thiophene rings is 1. The van der Waals surface area contributed by atoms with E-state index in [1.54, 1.807) is 35.9 Å². The van der Waals surface area contributed by atoms with E-state index in [0.717, 1.165) is 38.0 Å². The highest BCUT2D eigenvalue weighted by Gasteiger charge is 2.20. The maximum atomic E-state index is 12.5. The number of carbonyl (C=O) groups excluding carboxylic acids is 1. The van der Waals surface area contributed by atoms with E-state index in [9.17, 15) is 9.59 Å². The molecular formula is C24H29N5O2S. The average molecular weight is 452 g/mol. The van der Waals surface area contributed by atoms with Gasteiger partial charge in [0.15, 0.2) is 0 Å². The van der Waals surface area contributed by atoms with Gasteiger partial charge in [-0.25, -0.2) is 4.98 Å². The number of aromatic amines is 1. The van der Waals surface area contributed by atoms with Gasteiger partial charge in [-0.1, -0.05) is 6.07 Å². The normalized spacial score (nSPS) is 15.0. The Hall–Kier alpha value is -2.84. The van der Waals surface area contributed by atoms with Gasteiger partial charge in [-0.05, 0) is 68.8 Å². The molecule has 7 nitrogen and oxygen atoms in total. The molecule has 1 aliphatic heterocycles. The third-order valence-corrected chi connectivity index (χ3v) is 6.89. The van der Waals surface area contributed by atoms with Gasteiger partial charge in [0, 0.05) is 53.6 Å². The summed E-state index contributed by atoms with van der Waals surface area (Å²) >= 11 is 1.81. The molecule has 1 aliphatic rings. The summed E-state index contributed by atoms with van der Waals surface area (Å²) in [7, 11) is 0. The first kappa shape index (κ1) is 22.4. The van der Waals surface area contributed by atoms with Crippen molar-refractivity contribution in [2.45, 2.75) is 39.2 Å². The van der Waals surface area contributed by atoms with E-state index in [1.165, 1.54) is 4.88 Å². The number of pyridine rings is 1. The molecular weight excluding hydrogens is 422 g/mol. The van der Waals surface area contributed by atoms with Crippen LogP contribution in [0.4, 0.5) is 0 Å². The molecule has 0 saturated carbocycles. The number of carbonyl (C=O) groups is 1. The monoisotopic (exact) mass is 451 g/mol. The molecule has 3 aromatic rings. The van der Waals surface area contributed by atoms with Gasteiger partial charge in [0.05, 0.1) is 0 Å². The van der Waals surface area contributed by atoms with Gasteiger partial charge in [-0.15, -0.1) is 11.3 Å². The summed E-state index contributed by atoms with van der Waals surface area (Å²) < 4.78 is 0. The second-order valence-corrected chi connectivity index (χ2v) is 9.35. The van der Waals surface area contributed by atoms with Gasteiger partial charge in [0.25, 0.3) is 5.56 Å². The third-order valence-electron chi connectivity index (χ3n) is 6.03. The Morgan fingerprint density at radius 3 is 2.72 bits per heavy atom. The number of nitrogens with one attached hydrogen (secondary N) is 2. The third kappa shape index (κ3) is 5.89. The fourth-order valence-electron chi connectivity index (χ4n) is 4.11. The second-order valence-electron chi connectivity index (χ2n) is 8.32. The Morgan fingerprint density at radius 2 is 2.03 bits per heavy atom. The highest BCUT2D eigenvalue weighted by molar-refractivity contribution is 7.09. The van der Waals surface area contributed by atoms with Crippen LogP contribution in [0, 0.1) is 12.8 Å². The fraction of sp³-hybridized carbons (Fsp3) is 0.417. The molecule has 0 aliphatic carbocycles. The van der Waals surface area contributed by atoms with Crippen LogP contribution in [0.3, 0.4) is 0 Å². The van der Waals surface area contributed by atoms with E-state index in [4.69, 9.17) is 0 Å². The summed E-state index contributed by atoms with van der Waals surface area (Å²) in [5.74, 6) is 1.03. The van der Waals surface area contributed by atoms with Crippen LogP contribution in [0.15, 0.2) is 46.8 Å². The number of nitrogens with zero attached hydrogens (tertiary/aromatic N) is 3. The summed E-state index contributed by atoms with van der Waals surface area (Å²) in [5, 5.41) is 5.19. The summed E-state index contributed by atoms with van der Waals surface area (Å²) in [6.45, 7) is 5.70. The van der Waals surface area contributed by atoms with E-state index in [2.05, 4.69) is 42.7 Å². The van der Waals surface area contributed by atoms with Gasteiger partial charge >= 0.3 is 0 Å². The summed E-state index contributed by atoms with van der Waals surface area (Å²) in [5.41, 5.74) is 1.85. The lowest BCUT2D eigenvalue weighted by atomic mass is 9.96. The lowest BCUT2D eigenvalue weighted by molar-refractivity contribution is -0.121. The zero-order chi connectivity index (χ0) is 22.3. The molecule has 0 unspecified atom stereocenters. The van der Waals surface area contributed by atoms with Crippen molar-refractivity contribution in [1.82, 2.24) is 25.2 Å². The van der Waals surface area contributed by atoms with Crippen LogP contribution < -0.4 is 10.9 Å². The predicted molar refractivity (Wildman–Crippen MR) is 126 cm³/mol. The zero-order valence-electron chi connectivity index (χ0n) is 18.3. The Labute approximate surface area is 191 Å². The van der Waals surface area contributed by atoms with Crippen LogP contribution in [-0.4, -0.2) is 45.4 Å². The Bertz CT molecular complexity index is 1070. The van der Waals surface area contributed by atoms with E-state index in [1.807, 2.05) is 6.92 Å². The highest BCUT2D eigenvalue weighted by atomic mass is 32.1. The maximum absolute atomic E-state index is 12.5. The largest absolute Gasteiger partial charge is 0.356 e. The fourth-order valence-corrected chi connectivity index (χ4v) is 4.85. The molecule has 0 bridgehead atoms. The topological polar surface area (TPSA) is 91.0 Å². The van der Waals surface area contributed by atoms with E-state index < -0.39 is 0 Å². The second kappa shape index (κ2) is 10.7. The number of rotatable bonds is 8. The highest BCUT2D eigenvalue weighted by Crippen LogP contribution is 2.20. The molecule has 8 heteroatoms. The van der Waals surface area contributed by atoms with E-state index in [0.29, 0.717) is 36.0 Å². The quantitative estimate of drug-likeness (QED) is 0.549. The van der Waals surface area contributed by atoms with E-state index >= 15 is 0 Å². The first-order valence-corrected chi connectivity index (χ1v) is 12.0. The standard InChI is InChI=1S/C24H29N5O2S/c1-17-21(24(31)28-23(27-17)19-6-10-25-11-7-19)4-5-22(30)26-15-18-8-12-29(13-9-18)16-20-3-2-14-32-20/h2-3,6-7,10-11,14,18H,4-5,8-9,12-13,15-16H2,1H3,(H,26,30)(H,27,28,31). The molecule has 0 radical (unpaired) electrons. The summed E-state index contributed by atoms with van der Waals surface area (Å²) in [6, 6.07) is 7.89. The minimum Gasteiger partial charge on any atom is -0.356 e. The minimum atomic E-state index is -0.185. The Morgan fingerprint density at radius 1 is 1.25 bits per heavy atom. The number of piperidine rings is 1. The van der Waals surface area contributed by atoms with E-state index in [-0.39, 0.29) is 17.9 Å². The number of H-pyrrole nitrogens is 1. The number of aromatic nitrogens is 3. The molecule has 2 N–H and O–H groups in total. The lowest BCUT2D eigenvalue weighted by Gasteiger charge is -2.31. The van der Waals surface area contributed by atoms with Crippen LogP contribution in [-0.2, 0) is 17.8 Å². The van der Waals surface area contributed by atoms with Gasteiger partial charge in [0.1, 0.15) is 5.82 Å². The van der Waals surface area contributed by atoms with Crippen molar-refractivity contribution in [3.8, 4) is 11.4 Å². The molecule has 3 aromatic heterocycles. The molecule has 168 valence electrons. The van der Waals surface area contributed by atoms with Crippen molar-refractivity contribution in [3.05, 3.63) is 68.5 Å². The minimum absolute atomic E-state index is 0.0111. The predicted octanol–water partition coefficient (Wildman–Crippen LogP) is 3.16. The molecule has 1 amide bonds. The number of aryl methyl sites for hydroxylation is 1. The van der Waals surface area contributed by atoms with Gasteiger partial charge in [-0.2, -0.15) is 0 Å². The molecule has 0 spiro atoms. The first-order chi connectivity index (χ1) is 15.6. The van der Waals surface area contributed by atoms with Crippen molar-refractivity contribution < 1.29 is 4.79 Å². The molecule has 4 heterocycles. The average Bonchev–Trinajstić information content (AvgIpc) is 3.31. The van der Waals surface area contributed by atoms with Crippen LogP contribution in [0.5, 0.6) is 0 Å².